The zero-order chi connectivity index (χ0) is 24.5. The summed E-state index contributed by atoms with van der Waals surface area (Å²) in [7, 11) is -1.14. The number of esters is 1. The minimum absolute atomic E-state index is 0.0316. The molecule has 0 atom stereocenters. The fourth-order valence-electron chi connectivity index (χ4n) is 3.93. The Kier molecular flexibility index (Phi) is 6.96. The zero-order valence-corrected chi connectivity index (χ0v) is 20.3. The quantitative estimate of drug-likeness (QED) is 0.399. The number of fused-ring (bicyclic) bond motifs is 1. The first-order valence-electron chi connectivity index (χ1n) is 11.2. The number of aromatic nitrogens is 2. The molecule has 4 heterocycles. The number of morpholine rings is 1. The lowest BCUT2D eigenvalue weighted by Crippen LogP contribution is -2.37. The van der Waals surface area contributed by atoms with Crippen molar-refractivity contribution in [2.45, 2.75) is 19.8 Å². The Labute approximate surface area is 197 Å². The first kappa shape index (κ1) is 24.2. The van der Waals surface area contributed by atoms with Crippen LogP contribution in [0.3, 0.4) is 0 Å². The molecule has 0 unspecified atom stereocenters. The summed E-state index contributed by atoms with van der Waals surface area (Å²) in [6.07, 6.45) is 3.11. The minimum atomic E-state index is -3.82. The van der Waals surface area contributed by atoms with Crippen molar-refractivity contribution < 1.29 is 27.4 Å². The SMILES string of the molecule is CCCCOc1c(C(=O)OC)nc2c(N3CCN(C)S3(=O)=O)cc(N3CCOCC3)cn2c1=O. The third-order valence-corrected chi connectivity index (χ3v) is 7.81. The van der Waals surface area contributed by atoms with Crippen molar-refractivity contribution in [3.63, 3.8) is 0 Å². The number of hydrogen-bond acceptors (Lipinski definition) is 9. The summed E-state index contributed by atoms with van der Waals surface area (Å²) >= 11 is 0. The van der Waals surface area contributed by atoms with Gasteiger partial charge in [0.2, 0.25) is 5.75 Å². The Hall–Kier alpha value is -2.90. The average Bonchev–Trinajstić information content (AvgIpc) is 3.11. The second-order valence-electron chi connectivity index (χ2n) is 8.07. The van der Waals surface area contributed by atoms with Crippen molar-refractivity contribution >= 4 is 33.2 Å². The molecule has 4 rings (SSSR count). The van der Waals surface area contributed by atoms with Gasteiger partial charge in [0, 0.05) is 39.4 Å². The molecule has 0 bridgehead atoms. The maximum Gasteiger partial charge on any atom is 0.360 e. The second-order valence-corrected chi connectivity index (χ2v) is 10.0. The van der Waals surface area contributed by atoms with Gasteiger partial charge in [0.1, 0.15) is 0 Å². The molecule has 2 aromatic heterocycles. The van der Waals surface area contributed by atoms with Gasteiger partial charge >= 0.3 is 21.7 Å². The lowest BCUT2D eigenvalue weighted by Gasteiger charge is -2.30. The van der Waals surface area contributed by atoms with Crippen LogP contribution < -0.4 is 19.5 Å². The van der Waals surface area contributed by atoms with Gasteiger partial charge in [-0.15, -0.1) is 0 Å². The van der Waals surface area contributed by atoms with Gasteiger partial charge in [-0.2, -0.15) is 12.7 Å². The Balaban J connectivity index is 1.98. The highest BCUT2D eigenvalue weighted by Crippen LogP contribution is 2.32. The van der Waals surface area contributed by atoms with E-state index in [0.717, 1.165) is 6.42 Å². The molecule has 2 saturated heterocycles. The Morgan fingerprint density at radius 2 is 1.94 bits per heavy atom. The molecule has 13 heteroatoms. The lowest BCUT2D eigenvalue weighted by atomic mass is 10.2. The molecular formula is C21H29N5O7S. The van der Waals surface area contributed by atoms with Gasteiger partial charge in [0.15, 0.2) is 11.3 Å². The van der Waals surface area contributed by atoms with Crippen LogP contribution in [0.4, 0.5) is 11.4 Å². The van der Waals surface area contributed by atoms with Gasteiger partial charge in [-0.05, 0) is 12.5 Å². The fraction of sp³-hybridized carbons (Fsp3) is 0.571. The first-order valence-corrected chi connectivity index (χ1v) is 12.6. The van der Waals surface area contributed by atoms with Crippen LogP contribution in [0.2, 0.25) is 0 Å². The van der Waals surface area contributed by atoms with Crippen LogP contribution in [0.25, 0.3) is 5.65 Å². The summed E-state index contributed by atoms with van der Waals surface area (Å²) in [5.41, 5.74) is -0.0126. The van der Waals surface area contributed by atoms with Crippen LogP contribution in [-0.4, -0.2) is 88.2 Å². The average molecular weight is 496 g/mol. The normalized spacial score (nSPS) is 18.4. The highest BCUT2D eigenvalue weighted by atomic mass is 32.2. The number of anilines is 2. The number of ether oxygens (including phenoxy) is 3. The van der Waals surface area contributed by atoms with Crippen LogP contribution in [-0.2, 0) is 19.7 Å². The van der Waals surface area contributed by atoms with Crippen molar-refractivity contribution in [1.29, 1.82) is 0 Å². The molecule has 0 N–H and O–H groups in total. The van der Waals surface area contributed by atoms with Crippen molar-refractivity contribution in [2.75, 3.05) is 69.4 Å². The van der Waals surface area contributed by atoms with Crippen LogP contribution in [0.15, 0.2) is 17.1 Å². The predicted octanol–water partition coefficient (Wildman–Crippen LogP) is 0.493. The summed E-state index contributed by atoms with van der Waals surface area (Å²) in [4.78, 5) is 32.5. The summed E-state index contributed by atoms with van der Waals surface area (Å²) in [5, 5.41) is 0. The van der Waals surface area contributed by atoms with E-state index < -0.39 is 21.7 Å². The zero-order valence-electron chi connectivity index (χ0n) is 19.5. The molecule has 34 heavy (non-hydrogen) atoms. The predicted molar refractivity (Wildman–Crippen MR) is 125 cm³/mol. The third kappa shape index (κ3) is 4.30. The number of carbonyl (C=O) groups excluding carboxylic acids is 1. The molecule has 0 aliphatic carbocycles. The van der Waals surface area contributed by atoms with Gasteiger partial charge in [-0.1, -0.05) is 13.3 Å². The van der Waals surface area contributed by atoms with E-state index >= 15 is 0 Å². The van der Waals surface area contributed by atoms with E-state index in [0.29, 0.717) is 38.4 Å². The number of nitrogens with zero attached hydrogens (tertiary/aromatic N) is 5. The van der Waals surface area contributed by atoms with E-state index in [1.807, 2.05) is 11.8 Å². The third-order valence-electron chi connectivity index (χ3n) is 5.91. The van der Waals surface area contributed by atoms with Crippen LogP contribution in [0, 0.1) is 0 Å². The van der Waals surface area contributed by atoms with Crippen LogP contribution in [0.5, 0.6) is 5.75 Å². The van der Waals surface area contributed by atoms with E-state index in [4.69, 9.17) is 14.2 Å². The van der Waals surface area contributed by atoms with E-state index in [2.05, 4.69) is 4.98 Å². The van der Waals surface area contributed by atoms with E-state index in [1.165, 1.54) is 27.2 Å². The van der Waals surface area contributed by atoms with Gasteiger partial charge in [-0.3, -0.25) is 13.5 Å². The topological polar surface area (TPSA) is 123 Å². The van der Waals surface area contributed by atoms with Crippen molar-refractivity contribution in [1.82, 2.24) is 13.7 Å². The number of pyridine rings is 1. The fourth-order valence-corrected chi connectivity index (χ4v) is 5.27. The molecule has 2 aromatic rings. The summed E-state index contributed by atoms with van der Waals surface area (Å²) < 4.78 is 45.7. The number of carbonyl (C=O) groups is 1. The van der Waals surface area contributed by atoms with Gasteiger partial charge in [-0.25, -0.2) is 9.78 Å². The largest absolute Gasteiger partial charge is 0.486 e. The van der Waals surface area contributed by atoms with Crippen molar-refractivity contribution in [3.05, 3.63) is 28.3 Å². The summed E-state index contributed by atoms with van der Waals surface area (Å²) in [5.74, 6) is -1.06. The summed E-state index contributed by atoms with van der Waals surface area (Å²) in [6.45, 7) is 4.85. The van der Waals surface area contributed by atoms with E-state index in [1.54, 1.807) is 12.3 Å². The highest BCUT2D eigenvalue weighted by Gasteiger charge is 2.36. The monoisotopic (exact) mass is 495 g/mol. The molecular weight excluding hydrogens is 466 g/mol. The van der Waals surface area contributed by atoms with Gasteiger partial charge in [0.25, 0.3) is 0 Å². The molecule has 2 aliphatic rings. The minimum Gasteiger partial charge on any atom is -0.486 e. The molecule has 0 spiro atoms. The molecule has 2 fully saturated rings. The Morgan fingerprint density at radius 1 is 1.21 bits per heavy atom. The highest BCUT2D eigenvalue weighted by molar-refractivity contribution is 7.90. The number of likely N-dealkylation sites (N-methyl/N-ethyl adjacent to an activating group) is 1. The van der Waals surface area contributed by atoms with E-state index in [9.17, 15) is 18.0 Å². The molecule has 2 aliphatic heterocycles. The molecule has 0 amide bonds. The van der Waals surface area contributed by atoms with Crippen molar-refractivity contribution in [3.8, 4) is 5.75 Å². The van der Waals surface area contributed by atoms with E-state index in [-0.39, 0.29) is 42.5 Å². The van der Waals surface area contributed by atoms with Crippen molar-refractivity contribution in [2.24, 2.45) is 0 Å². The number of unbranched alkanes of at least 4 members (excludes halogenated alkanes) is 1. The molecule has 0 saturated carbocycles. The van der Waals surface area contributed by atoms with Gasteiger partial charge < -0.3 is 19.1 Å². The van der Waals surface area contributed by atoms with Crippen LogP contribution in [0.1, 0.15) is 30.3 Å². The molecule has 0 aromatic carbocycles. The smallest absolute Gasteiger partial charge is 0.360 e. The first-order chi connectivity index (χ1) is 16.3. The Bertz CT molecular complexity index is 1240. The second kappa shape index (κ2) is 9.76. The lowest BCUT2D eigenvalue weighted by molar-refractivity contribution is 0.0588. The number of rotatable bonds is 7. The van der Waals surface area contributed by atoms with Gasteiger partial charge in [0.05, 0.1) is 38.3 Å². The summed E-state index contributed by atoms with van der Waals surface area (Å²) in [6, 6.07) is 1.68. The standard InChI is InChI=1S/C21H29N5O7S/c1-4-5-10-33-18-17(21(28)31-3)22-19-16(26-7-6-23(2)34(26,29)30)13-15(14-25(19)20(18)27)24-8-11-32-12-9-24/h13-14H,4-12H2,1-3H3. The number of methoxy groups -OCH3 is 1. The maximum atomic E-state index is 13.6. The molecule has 0 radical (unpaired) electrons. The maximum absolute atomic E-state index is 13.6. The van der Waals surface area contributed by atoms with Crippen LogP contribution >= 0.6 is 0 Å². The molecule has 186 valence electrons. The molecule has 12 nitrogen and oxygen atoms in total. The number of hydrogen-bond donors (Lipinski definition) is 0. The Morgan fingerprint density at radius 3 is 2.56 bits per heavy atom.